The number of aliphatic carboxylic acids is 1. The van der Waals surface area contributed by atoms with Crippen molar-refractivity contribution < 1.29 is 24.2 Å². The molecule has 0 aromatic rings. The Bertz CT molecular complexity index is 1040. The lowest BCUT2D eigenvalue weighted by Gasteiger charge is -2.36. The molecule has 5 nitrogen and oxygen atoms in total. The number of carboxylic acid groups (broad SMARTS) is 1. The second-order valence-electron chi connectivity index (χ2n) is 9.38. The average Bonchev–Trinajstić information content (AvgIpc) is 2.84. The normalized spacial score (nSPS) is 18.9. The number of esters is 1. The lowest BCUT2D eigenvalue weighted by molar-refractivity contribution is -0.157. The zero-order valence-electron chi connectivity index (χ0n) is 23.8. The van der Waals surface area contributed by atoms with E-state index in [1.54, 1.807) is 6.92 Å². The Labute approximate surface area is 223 Å². The molecule has 0 aromatic carbocycles. The highest BCUT2D eigenvalue weighted by atomic mass is 16.5. The van der Waals surface area contributed by atoms with Crippen LogP contribution in [0, 0.1) is 5.41 Å². The van der Waals surface area contributed by atoms with E-state index >= 15 is 0 Å². The largest absolute Gasteiger partial charge is 0.481 e. The number of Topliss-reactive ketones (excluding diaryl/α,β-unsaturated/α-hetero) is 1. The molecule has 0 aromatic heterocycles. The van der Waals surface area contributed by atoms with E-state index in [-0.39, 0.29) is 24.0 Å². The van der Waals surface area contributed by atoms with Gasteiger partial charge in [-0.2, -0.15) is 0 Å². The van der Waals surface area contributed by atoms with E-state index in [1.165, 1.54) is 0 Å². The van der Waals surface area contributed by atoms with E-state index < -0.39 is 18.0 Å². The summed E-state index contributed by atoms with van der Waals surface area (Å²) in [6, 6.07) is 0. The van der Waals surface area contributed by atoms with Gasteiger partial charge < -0.3 is 9.84 Å². The summed E-state index contributed by atoms with van der Waals surface area (Å²) in [5.74, 6) is -1.98. The van der Waals surface area contributed by atoms with Crippen LogP contribution in [0.15, 0.2) is 95.2 Å². The molecule has 5 heteroatoms. The molecule has 1 rings (SSSR count). The maximum Gasteiger partial charge on any atom is 0.307 e. The molecule has 0 radical (unpaired) electrons. The number of ketones is 1. The van der Waals surface area contributed by atoms with Crippen LogP contribution in [-0.4, -0.2) is 28.9 Å². The first-order valence-corrected chi connectivity index (χ1v) is 12.7. The van der Waals surface area contributed by atoms with Gasteiger partial charge in [-0.15, -0.1) is 0 Å². The third-order valence-electron chi connectivity index (χ3n) is 5.69. The summed E-state index contributed by atoms with van der Waals surface area (Å²) >= 11 is 0. The molecule has 0 fully saturated rings. The van der Waals surface area contributed by atoms with Gasteiger partial charge in [0.2, 0.25) is 0 Å². The van der Waals surface area contributed by atoms with Gasteiger partial charge in [-0.25, -0.2) is 0 Å². The molecule has 202 valence electrons. The number of ether oxygens (including phenoxy) is 1. The van der Waals surface area contributed by atoms with Crippen LogP contribution in [0.4, 0.5) is 0 Å². The number of carboxylic acids is 1. The Balaban J connectivity index is 0.00000631. The summed E-state index contributed by atoms with van der Waals surface area (Å²) in [6.45, 7) is 19.5. The molecule has 0 bridgehead atoms. The minimum Gasteiger partial charge on any atom is -0.481 e. The number of carbonyl (C=O) groups excluding carboxylic acids is 2. The van der Waals surface area contributed by atoms with Gasteiger partial charge in [-0.05, 0) is 44.3 Å². The van der Waals surface area contributed by atoms with Crippen molar-refractivity contribution in [3.8, 4) is 0 Å². The van der Waals surface area contributed by atoms with Crippen LogP contribution < -0.4 is 0 Å². The minimum atomic E-state index is -1.08. The monoisotopic (exact) mass is 508 g/mol. The molecule has 1 aliphatic carbocycles. The Morgan fingerprint density at radius 1 is 0.973 bits per heavy atom. The smallest absolute Gasteiger partial charge is 0.307 e. The van der Waals surface area contributed by atoms with E-state index in [0.29, 0.717) is 12.0 Å². The number of carbonyl (C=O) groups is 3. The lowest BCUT2D eigenvalue weighted by Crippen LogP contribution is -2.39. The highest BCUT2D eigenvalue weighted by molar-refractivity contribution is 6.01. The fourth-order valence-corrected chi connectivity index (χ4v) is 3.58. The van der Waals surface area contributed by atoms with Crippen molar-refractivity contribution in [1.82, 2.24) is 0 Å². The number of allylic oxidation sites excluding steroid dienone is 14. The molecule has 0 saturated heterocycles. The van der Waals surface area contributed by atoms with Gasteiger partial charge in [0.25, 0.3) is 0 Å². The van der Waals surface area contributed by atoms with Crippen LogP contribution in [0.2, 0.25) is 0 Å². The van der Waals surface area contributed by atoms with E-state index in [9.17, 15) is 14.4 Å². The molecule has 0 saturated carbocycles. The first-order valence-electron chi connectivity index (χ1n) is 12.7. The van der Waals surface area contributed by atoms with Crippen LogP contribution >= 0.6 is 0 Å². The molecule has 0 amide bonds. The molecule has 1 unspecified atom stereocenters. The van der Waals surface area contributed by atoms with Crippen molar-refractivity contribution in [2.24, 2.45) is 5.41 Å². The van der Waals surface area contributed by atoms with Gasteiger partial charge in [0, 0.05) is 6.42 Å². The lowest BCUT2D eigenvalue weighted by atomic mass is 9.71. The number of hydrogen-bond donors (Lipinski definition) is 1. The Morgan fingerprint density at radius 3 is 2.08 bits per heavy atom. The van der Waals surface area contributed by atoms with Crippen molar-refractivity contribution in [2.45, 2.75) is 80.8 Å². The first-order chi connectivity index (χ1) is 17.4. The summed E-state index contributed by atoms with van der Waals surface area (Å²) in [5, 5.41) is 8.72. The standard InChI is InChI=1S/C30H38O5.C2H6/c1-8-21(2)12-9-10-13-22(3)14-11-15-23(4)16-17-25-24(5)29(34)26(20-30(25,6)7)35-28(33)19-18-27(31)32;1-2/h8-17,26H,1,18-20H2,2-7H3,(H,31,32);1-2H3/b10-9+,14-11+,17-16+,21-12+,22-13+,23-15+;. The molecule has 1 atom stereocenters. The summed E-state index contributed by atoms with van der Waals surface area (Å²) in [4.78, 5) is 35.4. The summed E-state index contributed by atoms with van der Waals surface area (Å²) in [5.41, 5.74) is 4.32. The molecule has 0 aliphatic heterocycles. The van der Waals surface area contributed by atoms with Crippen LogP contribution in [0.3, 0.4) is 0 Å². The molecule has 0 heterocycles. The number of rotatable bonds is 11. The van der Waals surface area contributed by atoms with Gasteiger partial charge in [0.15, 0.2) is 11.9 Å². The predicted octanol–water partition coefficient (Wildman–Crippen LogP) is 7.80. The van der Waals surface area contributed by atoms with E-state index in [0.717, 1.165) is 22.3 Å². The zero-order chi connectivity index (χ0) is 28.6. The molecule has 1 aliphatic rings. The van der Waals surface area contributed by atoms with Crippen LogP contribution in [0.1, 0.15) is 74.7 Å². The van der Waals surface area contributed by atoms with Gasteiger partial charge in [0.05, 0.1) is 12.8 Å². The van der Waals surface area contributed by atoms with Crippen LogP contribution in [0.5, 0.6) is 0 Å². The maximum absolute atomic E-state index is 12.8. The Hall–Kier alpha value is -3.47. The topological polar surface area (TPSA) is 80.7 Å². The quantitative estimate of drug-likeness (QED) is 0.227. The van der Waals surface area contributed by atoms with Crippen LogP contribution in [0.25, 0.3) is 0 Å². The Kier molecular flexibility index (Phi) is 15.5. The minimum absolute atomic E-state index is 0.235. The van der Waals surface area contributed by atoms with Crippen molar-refractivity contribution in [3.63, 3.8) is 0 Å². The van der Waals surface area contributed by atoms with Crippen molar-refractivity contribution in [1.29, 1.82) is 0 Å². The van der Waals surface area contributed by atoms with Crippen molar-refractivity contribution in [3.05, 3.63) is 95.2 Å². The van der Waals surface area contributed by atoms with Gasteiger partial charge >= 0.3 is 11.9 Å². The zero-order valence-corrected chi connectivity index (χ0v) is 23.8. The first kappa shape index (κ1) is 33.5. The molecular formula is C32H44O5. The average molecular weight is 509 g/mol. The number of hydrogen-bond acceptors (Lipinski definition) is 4. The fourth-order valence-electron chi connectivity index (χ4n) is 3.58. The second-order valence-corrected chi connectivity index (χ2v) is 9.38. The molecule has 0 spiro atoms. The van der Waals surface area contributed by atoms with Crippen molar-refractivity contribution in [2.75, 3.05) is 0 Å². The van der Waals surface area contributed by atoms with Gasteiger partial charge in [-0.3, -0.25) is 14.4 Å². The molecule has 37 heavy (non-hydrogen) atoms. The fraction of sp³-hybridized carbons (Fsp3) is 0.406. The van der Waals surface area contributed by atoms with Crippen LogP contribution in [-0.2, 0) is 19.1 Å². The second kappa shape index (κ2) is 17.1. The summed E-state index contributed by atoms with van der Waals surface area (Å²) < 4.78 is 5.31. The maximum atomic E-state index is 12.8. The van der Waals surface area contributed by atoms with Crippen molar-refractivity contribution >= 4 is 17.7 Å². The third kappa shape index (κ3) is 12.9. The Morgan fingerprint density at radius 2 is 1.51 bits per heavy atom. The van der Waals surface area contributed by atoms with E-state index in [2.05, 4.69) is 6.58 Å². The summed E-state index contributed by atoms with van der Waals surface area (Å²) in [6.07, 6.45) is 18.6. The summed E-state index contributed by atoms with van der Waals surface area (Å²) in [7, 11) is 0. The molecule has 1 N–H and O–H groups in total. The highest BCUT2D eigenvalue weighted by Gasteiger charge is 2.39. The SMILES string of the molecule is C=C/C(C)=C/C=C/C=C(C)/C=C/C=C(C)/C=C/C1=C(C)C(=O)C(OC(=O)CCC(=O)O)CC1(C)C.CC. The van der Waals surface area contributed by atoms with Gasteiger partial charge in [0.1, 0.15) is 0 Å². The predicted molar refractivity (Wildman–Crippen MR) is 153 cm³/mol. The highest BCUT2D eigenvalue weighted by Crippen LogP contribution is 2.40. The van der Waals surface area contributed by atoms with E-state index in [1.807, 2.05) is 109 Å². The molecular weight excluding hydrogens is 464 g/mol. The van der Waals surface area contributed by atoms with Gasteiger partial charge in [-0.1, -0.05) is 112 Å². The van der Waals surface area contributed by atoms with E-state index in [4.69, 9.17) is 9.84 Å². The third-order valence-corrected chi connectivity index (χ3v) is 5.69.